The second-order valence-electron chi connectivity index (χ2n) is 9.35. The Morgan fingerprint density at radius 1 is 0.921 bits per heavy atom. The fraction of sp³-hybridized carbons (Fsp3) is 0.290. The first kappa shape index (κ1) is 26.8. The summed E-state index contributed by atoms with van der Waals surface area (Å²) in [6, 6.07) is 15.9. The molecule has 2 heterocycles. The van der Waals surface area contributed by atoms with E-state index in [-0.39, 0.29) is 5.91 Å². The van der Waals surface area contributed by atoms with Gasteiger partial charge in [-0.25, -0.2) is 4.79 Å². The Morgan fingerprint density at radius 3 is 2.29 bits per heavy atom. The number of para-hydroxylation sites is 1. The predicted octanol–water partition coefficient (Wildman–Crippen LogP) is 5.34. The number of rotatable bonds is 8. The Kier molecular flexibility index (Phi) is 7.76. The van der Waals surface area contributed by atoms with Crippen molar-refractivity contribution in [3.63, 3.8) is 0 Å². The average molecular weight is 515 g/mol. The van der Waals surface area contributed by atoms with Crippen LogP contribution in [0.2, 0.25) is 0 Å². The van der Waals surface area contributed by atoms with E-state index in [1.165, 1.54) is 7.11 Å². The number of hydrogen-bond donors (Lipinski definition) is 0. The molecule has 0 saturated carbocycles. The third-order valence-corrected chi connectivity index (χ3v) is 7.10. The predicted molar refractivity (Wildman–Crippen MR) is 148 cm³/mol. The number of benzene rings is 2. The van der Waals surface area contributed by atoms with Gasteiger partial charge in [-0.3, -0.25) is 4.79 Å². The molecule has 4 rings (SSSR count). The molecule has 38 heavy (non-hydrogen) atoms. The van der Waals surface area contributed by atoms with Crippen LogP contribution in [0.4, 0.5) is 0 Å². The van der Waals surface area contributed by atoms with Crippen molar-refractivity contribution >= 4 is 18.0 Å². The molecule has 0 spiro atoms. The minimum Gasteiger partial charge on any atom is -0.493 e. The number of aryl methyl sites for hydroxylation is 2. The molecule has 0 radical (unpaired) electrons. The van der Waals surface area contributed by atoms with Gasteiger partial charge in [0.05, 0.1) is 32.5 Å². The zero-order valence-corrected chi connectivity index (χ0v) is 23.0. The molecule has 1 aliphatic rings. The number of carbonyl (C=O) groups excluding carboxylic acids is 2. The number of allylic oxidation sites excluding steroid dienone is 1. The number of amides is 1. The molecule has 0 fully saturated rings. The van der Waals surface area contributed by atoms with E-state index in [9.17, 15) is 9.59 Å². The van der Waals surface area contributed by atoms with Gasteiger partial charge < -0.3 is 23.7 Å². The lowest BCUT2D eigenvalue weighted by Gasteiger charge is -2.18. The van der Waals surface area contributed by atoms with Gasteiger partial charge in [-0.1, -0.05) is 24.3 Å². The van der Waals surface area contributed by atoms with E-state index in [1.807, 2.05) is 56.3 Å². The van der Waals surface area contributed by atoms with Gasteiger partial charge in [-0.05, 0) is 81.1 Å². The third kappa shape index (κ3) is 4.84. The maximum absolute atomic E-state index is 13.7. The van der Waals surface area contributed by atoms with E-state index < -0.39 is 5.97 Å². The molecule has 2 aromatic carbocycles. The Bertz CT molecular complexity index is 1460. The second-order valence-corrected chi connectivity index (χ2v) is 9.35. The van der Waals surface area contributed by atoms with Crippen LogP contribution in [0.5, 0.6) is 11.5 Å². The average Bonchev–Trinajstić information content (AvgIpc) is 3.32. The van der Waals surface area contributed by atoms with Crippen molar-refractivity contribution in [1.29, 1.82) is 0 Å². The molecule has 0 bridgehead atoms. The molecule has 0 aliphatic carbocycles. The highest BCUT2D eigenvalue weighted by atomic mass is 16.5. The van der Waals surface area contributed by atoms with Crippen molar-refractivity contribution in [3.8, 4) is 17.2 Å². The molecule has 198 valence electrons. The number of methoxy groups -OCH3 is 3. The van der Waals surface area contributed by atoms with Crippen LogP contribution in [0.3, 0.4) is 0 Å². The number of carbonyl (C=O) groups is 2. The summed E-state index contributed by atoms with van der Waals surface area (Å²) in [5.74, 6) is 0.531. The molecule has 0 unspecified atom stereocenters. The normalized spacial score (nSPS) is 14.4. The lowest BCUT2D eigenvalue weighted by molar-refractivity contribution is -0.136. The van der Waals surface area contributed by atoms with Gasteiger partial charge >= 0.3 is 5.97 Å². The highest BCUT2D eigenvalue weighted by molar-refractivity contribution is 6.16. The molecule has 0 atom stereocenters. The van der Waals surface area contributed by atoms with Gasteiger partial charge in [0.15, 0.2) is 11.5 Å². The number of hydrogen-bond acceptors (Lipinski definition) is 5. The summed E-state index contributed by atoms with van der Waals surface area (Å²) < 4.78 is 18.0. The number of aromatic nitrogens is 1. The van der Waals surface area contributed by atoms with Crippen LogP contribution >= 0.6 is 0 Å². The Morgan fingerprint density at radius 2 is 1.63 bits per heavy atom. The van der Waals surface area contributed by atoms with Crippen molar-refractivity contribution in [1.82, 2.24) is 9.47 Å². The molecule has 1 aliphatic heterocycles. The SMILES string of the molecule is COC(=O)C1=C(C)N(CCc2ccc(OC)c(OC)c2)C(=O)/C1=C\c1cc(C)n(-c2ccccc2C)c1C. The van der Waals surface area contributed by atoms with E-state index in [0.29, 0.717) is 41.3 Å². The summed E-state index contributed by atoms with van der Waals surface area (Å²) in [6.45, 7) is 8.32. The maximum Gasteiger partial charge on any atom is 0.340 e. The van der Waals surface area contributed by atoms with Crippen molar-refractivity contribution in [2.45, 2.75) is 34.1 Å². The Labute approximate surface area is 223 Å². The first-order valence-electron chi connectivity index (χ1n) is 12.5. The van der Waals surface area contributed by atoms with E-state index >= 15 is 0 Å². The van der Waals surface area contributed by atoms with E-state index in [4.69, 9.17) is 14.2 Å². The molecule has 7 heteroatoms. The largest absolute Gasteiger partial charge is 0.493 e. The van der Waals surface area contributed by atoms with Crippen LogP contribution in [-0.2, 0) is 20.7 Å². The molecule has 1 aromatic heterocycles. The summed E-state index contributed by atoms with van der Waals surface area (Å²) in [7, 11) is 4.52. The van der Waals surface area contributed by atoms with E-state index in [0.717, 1.165) is 33.8 Å². The minimum absolute atomic E-state index is 0.218. The summed E-state index contributed by atoms with van der Waals surface area (Å²) in [5.41, 5.74) is 7.35. The van der Waals surface area contributed by atoms with Crippen molar-refractivity contribution in [3.05, 3.63) is 93.5 Å². The summed E-state index contributed by atoms with van der Waals surface area (Å²) in [6.07, 6.45) is 2.39. The number of esters is 1. The quantitative estimate of drug-likeness (QED) is 0.300. The zero-order valence-electron chi connectivity index (χ0n) is 23.0. The lowest BCUT2D eigenvalue weighted by Crippen LogP contribution is -2.27. The smallest absolute Gasteiger partial charge is 0.340 e. The summed E-state index contributed by atoms with van der Waals surface area (Å²) in [5, 5.41) is 0. The highest BCUT2D eigenvalue weighted by Crippen LogP contribution is 2.34. The monoisotopic (exact) mass is 514 g/mol. The Balaban J connectivity index is 1.69. The maximum atomic E-state index is 13.7. The van der Waals surface area contributed by atoms with E-state index in [1.54, 1.807) is 26.0 Å². The molecule has 7 nitrogen and oxygen atoms in total. The van der Waals surface area contributed by atoms with Crippen LogP contribution in [0, 0.1) is 20.8 Å². The standard InChI is InChI=1S/C31H34N2O5/c1-19-10-8-9-11-26(19)33-20(2)16-24(21(33)3)18-25-29(31(35)38-7)22(4)32(30(25)34)15-14-23-12-13-27(36-5)28(17-23)37-6/h8-13,16-18H,14-15H2,1-7H3/b25-18-. The Hall–Kier alpha value is -4.26. The van der Waals surface area contributed by atoms with E-state index in [2.05, 4.69) is 23.6 Å². The van der Waals surface area contributed by atoms with Crippen LogP contribution in [0.1, 0.15) is 35.0 Å². The fourth-order valence-electron chi connectivity index (χ4n) is 5.05. The number of nitrogens with zero attached hydrogens (tertiary/aromatic N) is 2. The second kappa shape index (κ2) is 11.0. The lowest BCUT2D eigenvalue weighted by atomic mass is 10.0. The third-order valence-electron chi connectivity index (χ3n) is 7.10. The van der Waals surface area contributed by atoms with Crippen LogP contribution in [0.15, 0.2) is 65.4 Å². The molecule has 0 N–H and O–H groups in total. The van der Waals surface area contributed by atoms with Crippen LogP contribution < -0.4 is 9.47 Å². The van der Waals surface area contributed by atoms with Gasteiger partial charge in [0.25, 0.3) is 5.91 Å². The zero-order chi connectivity index (χ0) is 27.6. The molecule has 1 amide bonds. The molecular formula is C31H34N2O5. The highest BCUT2D eigenvalue weighted by Gasteiger charge is 2.37. The van der Waals surface area contributed by atoms with Crippen LogP contribution in [0.25, 0.3) is 11.8 Å². The summed E-state index contributed by atoms with van der Waals surface area (Å²) in [4.78, 5) is 28.2. The van der Waals surface area contributed by atoms with Crippen molar-refractivity contribution in [2.75, 3.05) is 27.9 Å². The first-order valence-corrected chi connectivity index (χ1v) is 12.5. The van der Waals surface area contributed by atoms with Gasteiger partial charge in [0.1, 0.15) is 0 Å². The molecular weight excluding hydrogens is 480 g/mol. The van der Waals surface area contributed by atoms with Gasteiger partial charge in [0.2, 0.25) is 0 Å². The first-order chi connectivity index (χ1) is 18.2. The van der Waals surface area contributed by atoms with Gasteiger partial charge in [-0.15, -0.1) is 0 Å². The number of ether oxygens (including phenoxy) is 3. The minimum atomic E-state index is -0.525. The van der Waals surface area contributed by atoms with Crippen molar-refractivity contribution < 1.29 is 23.8 Å². The molecule has 0 saturated heterocycles. The fourth-order valence-corrected chi connectivity index (χ4v) is 5.05. The van der Waals surface area contributed by atoms with Gasteiger partial charge in [-0.2, -0.15) is 0 Å². The molecule has 3 aromatic rings. The van der Waals surface area contributed by atoms with Gasteiger partial charge in [0, 0.05) is 29.3 Å². The van der Waals surface area contributed by atoms with Crippen molar-refractivity contribution in [2.24, 2.45) is 0 Å². The summed E-state index contributed by atoms with van der Waals surface area (Å²) >= 11 is 0. The topological polar surface area (TPSA) is 70.0 Å². The van der Waals surface area contributed by atoms with Crippen LogP contribution in [-0.4, -0.2) is 49.2 Å².